The Balaban J connectivity index is 1.73. The highest BCUT2D eigenvalue weighted by molar-refractivity contribution is 5.96. The maximum Gasteiger partial charge on any atom is 0.414 e. The molecule has 0 aromatic heterocycles. The number of amides is 2. The van der Waals surface area contributed by atoms with E-state index in [1.807, 2.05) is 19.1 Å². The first-order chi connectivity index (χ1) is 11.1. The third-order valence-corrected chi connectivity index (χ3v) is 4.74. The molecule has 1 heterocycles. The molecule has 6 nitrogen and oxygen atoms in total. The number of hydrogen-bond acceptors (Lipinski definition) is 4. The number of hydrogen-bond donors (Lipinski definition) is 2. The third kappa shape index (κ3) is 3.32. The van der Waals surface area contributed by atoms with E-state index in [1.54, 1.807) is 11.0 Å². The molecule has 1 saturated carbocycles. The lowest BCUT2D eigenvalue weighted by atomic mass is 9.98. The van der Waals surface area contributed by atoms with Gasteiger partial charge < -0.3 is 15.8 Å². The van der Waals surface area contributed by atoms with Crippen molar-refractivity contribution in [2.45, 2.75) is 38.6 Å². The van der Waals surface area contributed by atoms with Gasteiger partial charge in [-0.1, -0.05) is 18.9 Å². The van der Waals surface area contributed by atoms with Crippen molar-refractivity contribution in [2.75, 3.05) is 23.4 Å². The van der Waals surface area contributed by atoms with Gasteiger partial charge in [0.2, 0.25) is 5.91 Å². The number of rotatable bonds is 4. The van der Waals surface area contributed by atoms with Crippen molar-refractivity contribution in [3.8, 4) is 0 Å². The van der Waals surface area contributed by atoms with E-state index in [0.717, 1.165) is 36.9 Å². The summed E-state index contributed by atoms with van der Waals surface area (Å²) in [6.07, 6.45) is 3.99. The summed E-state index contributed by atoms with van der Waals surface area (Å²) in [5.41, 5.74) is 8.47. The second-order valence-electron chi connectivity index (χ2n) is 6.33. The predicted molar refractivity (Wildman–Crippen MR) is 88.4 cm³/mol. The van der Waals surface area contributed by atoms with Crippen molar-refractivity contribution in [3.05, 3.63) is 23.8 Å². The third-order valence-electron chi connectivity index (χ3n) is 4.74. The molecule has 2 fully saturated rings. The van der Waals surface area contributed by atoms with Crippen LogP contribution in [-0.4, -0.2) is 31.2 Å². The van der Waals surface area contributed by atoms with Crippen molar-refractivity contribution < 1.29 is 14.3 Å². The lowest BCUT2D eigenvalue weighted by Gasteiger charge is -2.20. The van der Waals surface area contributed by atoms with Gasteiger partial charge in [0, 0.05) is 5.69 Å². The highest BCUT2D eigenvalue weighted by Gasteiger charge is 2.28. The number of aryl methyl sites for hydroxylation is 1. The van der Waals surface area contributed by atoms with Gasteiger partial charge in [0.25, 0.3) is 0 Å². The van der Waals surface area contributed by atoms with Crippen LogP contribution in [0.15, 0.2) is 18.2 Å². The quantitative estimate of drug-likeness (QED) is 0.893. The van der Waals surface area contributed by atoms with Crippen molar-refractivity contribution in [3.63, 3.8) is 0 Å². The van der Waals surface area contributed by atoms with Crippen LogP contribution in [0.5, 0.6) is 0 Å². The monoisotopic (exact) mass is 317 g/mol. The van der Waals surface area contributed by atoms with Crippen molar-refractivity contribution >= 4 is 23.4 Å². The summed E-state index contributed by atoms with van der Waals surface area (Å²) in [7, 11) is 0. The molecule has 3 rings (SSSR count). The Hall–Kier alpha value is -2.08. The van der Waals surface area contributed by atoms with Crippen molar-refractivity contribution in [1.29, 1.82) is 0 Å². The topological polar surface area (TPSA) is 84.7 Å². The minimum absolute atomic E-state index is 0.157. The molecule has 1 aromatic rings. The van der Waals surface area contributed by atoms with Gasteiger partial charge in [-0.2, -0.15) is 0 Å². The number of benzene rings is 1. The summed E-state index contributed by atoms with van der Waals surface area (Å²) in [5.74, 6) is 0.115. The summed E-state index contributed by atoms with van der Waals surface area (Å²) in [5, 5.41) is 2.88. The molecule has 1 aliphatic heterocycles. The van der Waals surface area contributed by atoms with E-state index in [4.69, 9.17) is 10.5 Å². The largest absolute Gasteiger partial charge is 0.447 e. The molecule has 1 unspecified atom stereocenters. The molecule has 3 N–H and O–H groups in total. The maximum atomic E-state index is 12.3. The van der Waals surface area contributed by atoms with Gasteiger partial charge in [0.05, 0.1) is 18.3 Å². The van der Waals surface area contributed by atoms with Crippen LogP contribution in [0.4, 0.5) is 16.2 Å². The molecule has 0 spiro atoms. The van der Waals surface area contributed by atoms with Gasteiger partial charge in [0.15, 0.2) is 0 Å². The Kier molecular flexibility index (Phi) is 4.52. The standard InChI is InChI=1S/C17H23N3O3/c1-11-6-7-13(10-14(11)20-8-9-23-17(20)22)19-16(21)15(18)12-4-2-3-5-12/h6-7,10,12,15H,2-5,8-9,18H2,1H3,(H,19,21). The van der Waals surface area contributed by atoms with Crippen LogP contribution < -0.4 is 16.0 Å². The fourth-order valence-corrected chi connectivity index (χ4v) is 3.35. The summed E-state index contributed by atoms with van der Waals surface area (Å²) in [4.78, 5) is 25.7. The highest BCUT2D eigenvalue weighted by Crippen LogP contribution is 2.29. The SMILES string of the molecule is Cc1ccc(NC(=O)C(N)C2CCCC2)cc1N1CCOC1=O. The number of nitrogens with two attached hydrogens (primary N) is 1. The first-order valence-electron chi connectivity index (χ1n) is 8.17. The van der Waals surface area contributed by atoms with Crippen LogP contribution >= 0.6 is 0 Å². The minimum Gasteiger partial charge on any atom is -0.447 e. The summed E-state index contributed by atoms with van der Waals surface area (Å²) < 4.78 is 4.98. The fourth-order valence-electron chi connectivity index (χ4n) is 3.35. The second kappa shape index (κ2) is 6.58. The number of anilines is 2. The first kappa shape index (κ1) is 15.8. The van der Waals surface area contributed by atoms with Gasteiger partial charge in [-0.3, -0.25) is 9.69 Å². The molecular formula is C17H23N3O3. The molecule has 124 valence electrons. The zero-order chi connectivity index (χ0) is 16.4. The number of carbonyl (C=O) groups excluding carboxylic acids is 2. The van der Waals surface area contributed by atoms with E-state index in [9.17, 15) is 9.59 Å². The van der Waals surface area contributed by atoms with Crippen molar-refractivity contribution in [2.24, 2.45) is 11.7 Å². The predicted octanol–water partition coefficient (Wildman–Crippen LogP) is 2.41. The maximum absolute atomic E-state index is 12.3. The van der Waals surface area contributed by atoms with E-state index in [-0.39, 0.29) is 17.9 Å². The summed E-state index contributed by atoms with van der Waals surface area (Å²) >= 11 is 0. The van der Waals surface area contributed by atoms with Gasteiger partial charge in [0.1, 0.15) is 6.61 Å². The lowest BCUT2D eigenvalue weighted by molar-refractivity contribution is -0.118. The number of cyclic esters (lactones) is 1. The molecule has 1 aromatic carbocycles. The highest BCUT2D eigenvalue weighted by atomic mass is 16.6. The fraction of sp³-hybridized carbons (Fsp3) is 0.529. The number of nitrogens with one attached hydrogen (secondary N) is 1. The normalized spacial score (nSPS) is 19.7. The molecule has 1 atom stereocenters. The Morgan fingerprint density at radius 3 is 2.78 bits per heavy atom. The molecule has 23 heavy (non-hydrogen) atoms. The first-order valence-corrected chi connectivity index (χ1v) is 8.17. The van der Waals surface area contributed by atoms with E-state index < -0.39 is 6.04 Å². The average molecular weight is 317 g/mol. The van der Waals surface area contributed by atoms with E-state index in [2.05, 4.69) is 5.32 Å². The van der Waals surface area contributed by atoms with Crippen LogP contribution in [-0.2, 0) is 9.53 Å². The van der Waals surface area contributed by atoms with Crippen LogP contribution in [0, 0.1) is 12.8 Å². The number of carbonyl (C=O) groups is 2. The van der Waals surface area contributed by atoms with Crippen molar-refractivity contribution in [1.82, 2.24) is 0 Å². The Morgan fingerprint density at radius 2 is 2.13 bits per heavy atom. The second-order valence-corrected chi connectivity index (χ2v) is 6.33. The molecule has 1 aliphatic carbocycles. The van der Waals surface area contributed by atoms with E-state index in [0.29, 0.717) is 18.8 Å². The molecule has 0 radical (unpaired) electrons. The minimum atomic E-state index is -0.473. The molecular weight excluding hydrogens is 294 g/mol. The number of nitrogens with zero attached hydrogens (tertiary/aromatic N) is 1. The van der Waals surface area contributed by atoms with Gasteiger partial charge >= 0.3 is 6.09 Å². The Bertz CT molecular complexity index is 611. The smallest absolute Gasteiger partial charge is 0.414 e. The number of ether oxygens (including phenoxy) is 1. The zero-order valence-corrected chi connectivity index (χ0v) is 13.4. The molecule has 2 amide bonds. The Labute approximate surface area is 136 Å². The summed E-state index contributed by atoms with van der Waals surface area (Å²) in [6, 6.07) is 5.05. The average Bonchev–Trinajstić information content (AvgIpc) is 3.20. The van der Waals surface area contributed by atoms with Crippen LogP contribution in [0.2, 0.25) is 0 Å². The van der Waals surface area contributed by atoms with E-state index in [1.165, 1.54) is 0 Å². The molecule has 6 heteroatoms. The van der Waals surface area contributed by atoms with Crippen LogP contribution in [0.1, 0.15) is 31.2 Å². The van der Waals surface area contributed by atoms with Gasteiger partial charge in [-0.25, -0.2) is 4.79 Å². The molecule has 0 bridgehead atoms. The lowest BCUT2D eigenvalue weighted by Crippen LogP contribution is -2.41. The van der Waals surface area contributed by atoms with E-state index >= 15 is 0 Å². The van der Waals surface area contributed by atoms with Crippen LogP contribution in [0.3, 0.4) is 0 Å². The summed E-state index contributed by atoms with van der Waals surface area (Å²) in [6.45, 7) is 2.84. The van der Waals surface area contributed by atoms with Gasteiger partial charge in [-0.15, -0.1) is 0 Å². The molecule has 1 saturated heterocycles. The Morgan fingerprint density at radius 1 is 1.39 bits per heavy atom. The molecule has 2 aliphatic rings. The zero-order valence-electron chi connectivity index (χ0n) is 13.4. The van der Waals surface area contributed by atoms with Crippen LogP contribution in [0.25, 0.3) is 0 Å². The van der Waals surface area contributed by atoms with Gasteiger partial charge in [-0.05, 0) is 43.4 Å².